The topological polar surface area (TPSA) is 61.6 Å². The number of nitrogens with one attached hydrogen (secondary N) is 1. The Morgan fingerprint density at radius 3 is 2.47 bits per heavy atom. The van der Waals surface area contributed by atoms with Gasteiger partial charge < -0.3 is 5.32 Å². The highest BCUT2D eigenvalue weighted by molar-refractivity contribution is 5.85. The Balaban J connectivity index is 0.00000144. The number of hydrogen-bond donors (Lipinski definition) is 1. The van der Waals surface area contributed by atoms with Gasteiger partial charge >= 0.3 is 0 Å². The van der Waals surface area contributed by atoms with E-state index in [9.17, 15) is 5.26 Å². The third-order valence-corrected chi connectivity index (χ3v) is 3.17. The van der Waals surface area contributed by atoms with Crippen LogP contribution in [0.2, 0.25) is 0 Å². The summed E-state index contributed by atoms with van der Waals surface area (Å²) >= 11 is 0. The Morgan fingerprint density at radius 2 is 1.94 bits per heavy atom. The highest BCUT2D eigenvalue weighted by atomic mass is 35.5. The molecule has 0 spiro atoms. The van der Waals surface area contributed by atoms with Crippen LogP contribution in [-0.4, -0.2) is 23.1 Å². The summed E-state index contributed by atoms with van der Waals surface area (Å²) in [6, 6.07) is 2.48. The first kappa shape index (κ1) is 13.9. The number of nitrogens with zero attached hydrogens (tertiary/aromatic N) is 3. The van der Waals surface area contributed by atoms with Gasteiger partial charge in [-0.1, -0.05) is 0 Å². The lowest BCUT2D eigenvalue weighted by molar-refractivity contribution is 0.280. The van der Waals surface area contributed by atoms with E-state index in [-0.39, 0.29) is 17.8 Å². The molecular weight excluding hydrogens is 236 g/mol. The minimum atomic E-state index is -0.218. The Bertz CT molecular complexity index is 390. The van der Waals surface area contributed by atoms with E-state index in [0.29, 0.717) is 0 Å². The number of hydrogen-bond acceptors (Lipinski definition) is 4. The molecule has 1 fully saturated rings. The zero-order chi connectivity index (χ0) is 11.4. The number of rotatable bonds is 2. The first-order valence-electron chi connectivity index (χ1n) is 5.64. The maximum atomic E-state index is 9.34. The van der Waals surface area contributed by atoms with Crippen molar-refractivity contribution in [3.05, 3.63) is 23.8 Å². The molecule has 1 aromatic rings. The largest absolute Gasteiger partial charge is 0.317 e. The summed E-state index contributed by atoms with van der Waals surface area (Å²) in [6.45, 7) is 3.73. The summed E-state index contributed by atoms with van der Waals surface area (Å²) in [5, 5.41) is 12.6. The molecule has 0 aromatic carbocycles. The molecule has 0 saturated carbocycles. The summed E-state index contributed by atoms with van der Waals surface area (Å²) < 4.78 is 0. The van der Waals surface area contributed by atoms with Crippen LogP contribution in [0, 0.1) is 23.7 Å². The predicted molar refractivity (Wildman–Crippen MR) is 67.9 cm³/mol. The quantitative estimate of drug-likeness (QED) is 0.869. The fraction of sp³-hybridized carbons (Fsp3) is 0.583. The fourth-order valence-corrected chi connectivity index (χ4v) is 2.13. The molecule has 0 radical (unpaired) electrons. The maximum absolute atomic E-state index is 9.34. The summed E-state index contributed by atoms with van der Waals surface area (Å²) in [5.74, 6) is 0.778. The van der Waals surface area contributed by atoms with E-state index in [1.54, 1.807) is 0 Å². The van der Waals surface area contributed by atoms with Crippen LogP contribution in [0.15, 0.2) is 12.4 Å². The molecule has 0 bridgehead atoms. The lowest BCUT2D eigenvalue weighted by Gasteiger charge is -2.31. The van der Waals surface area contributed by atoms with Crippen molar-refractivity contribution in [2.24, 2.45) is 5.41 Å². The number of nitriles is 1. The zero-order valence-corrected chi connectivity index (χ0v) is 10.8. The van der Waals surface area contributed by atoms with Crippen LogP contribution in [0.3, 0.4) is 0 Å². The molecule has 4 nitrogen and oxygen atoms in total. The SMILES string of the molecule is Cc1ncc(CC2(C#N)CCNCC2)cn1.Cl. The standard InChI is InChI=1S/C12H16N4.ClH/c1-10-15-7-11(8-16-10)6-12(9-13)2-4-14-5-3-12;/h7-8,14H,2-6H2,1H3;1H. The highest BCUT2D eigenvalue weighted by Crippen LogP contribution is 2.31. The number of aryl methyl sites for hydroxylation is 1. The zero-order valence-electron chi connectivity index (χ0n) is 9.94. The summed E-state index contributed by atoms with van der Waals surface area (Å²) in [5.41, 5.74) is 0.846. The average molecular weight is 253 g/mol. The molecular formula is C12H17ClN4. The van der Waals surface area contributed by atoms with Gasteiger partial charge in [0.1, 0.15) is 5.82 Å². The number of aromatic nitrogens is 2. The van der Waals surface area contributed by atoms with E-state index < -0.39 is 0 Å². The predicted octanol–water partition coefficient (Wildman–Crippen LogP) is 1.64. The van der Waals surface area contributed by atoms with Crippen molar-refractivity contribution in [1.29, 1.82) is 5.26 Å². The van der Waals surface area contributed by atoms with Crippen molar-refractivity contribution < 1.29 is 0 Å². The Kier molecular flexibility index (Phi) is 4.86. The van der Waals surface area contributed by atoms with Gasteiger partial charge in [-0.25, -0.2) is 9.97 Å². The third kappa shape index (κ3) is 3.39. The van der Waals surface area contributed by atoms with Gasteiger partial charge in [0.25, 0.3) is 0 Å². The smallest absolute Gasteiger partial charge is 0.125 e. The van der Waals surface area contributed by atoms with E-state index in [0.717, 1.165) is 43.7 Å². The van der Waals surface area contributed by atoms with Crippen LogP contribution in [0.5, 0.6) is 0 Å². The van der Waals surface area contributed by atoms with Gasteiger partial charge in [-0.3, -0.25) is 0 Å². The molecule has 2 heterocycles. The van der Waals surface area contributed by atoms with Crippen molar-refractivity contribution in [2.75, 3.05) is 13.1 Å². The van der Waals surface area contributed by atoms with Crippen molar-refractivity contribution in [3.8, 4) is 6.07 Å². The average Bonchev–Trinajstić information content (AvgIpc) is 2.33. The first-order valence-corrected chi connectivity index (χ1v) is 5.64. The first-order chi connectivity index (χ1) is 7.74. The molecule has 0 unspecified atom stereocenters. The summed E-state index contributed by atoms with van der Waals surface area (Å²) in [4.78, 5) is 8.35. The molecule has 1 aromatic heterocycles. The van der Waals surface area contributed by atoms with E-state index in [1.165, 1.54) is 0 Å². The Hall–Kier alpha value is -1.18. The number of halogens is 1. The van der Waals surface area contributed by atoms with Crippen LogP contribution in [-0.2, 0) is 6.42 Å². The van der Waals surface area contributed by atoms with Crippen LogP contribution in [0.4, 0.5) is 0 Å². The van der Waals surface area contributed by atoms with E-state index in [4.69, 9.17) is 0 Å². The second-order valence-electron chi connectivity index (χ2n) is 4.46. The molecule has 1 N–H and O–H groups in total. The van der Waals surface area contributed by atoms with Crippen LogP contribution in [0.1, 0.15) is 24.2 Å². The maximum Gasteiger partial charge on any atom is 0.125 e. The van der Waals surface area contributed by atoms with Gasteiger partial charge in [-0.15, -0.1) is 12.4 Å². The second kappa shape index (κ2) is 5.95. The van der Waals surface area contributed by atoms with Crippen molar-refractivity contribution in [1.82, 2.24) is 15.3 Å². The molecule has 0 aliphatic carbocycles. The van der Waals surface area contributed by atoms with E-state index >= 15 is 0 Å². The molecule has 1 aliphatic heterocycles. The summed E-state index contributed by atoms with van der Waals surface area (Å²) in [6.07, 6.45) is 6.27. The lowest BCUT2D eigenvalue weighted by Crippen LogP contribution is -2.37. The highest BCUT2D eigenvalue weighted by Gasteiger charge is 2.32. The van der Waals surface area contributed by atoms with Crippen LogP contribution >= 0.6 is 12.4 Å². The van der Waals surface area contributed by atoms with Crippen LogP contribution < -0.4 is 5.32 Å². The van der Waals surface area contributed by atoms with Gasteiger partial charge in [0.15, 0.2) is 0 Å². The molecule has 92 valence electrons. The minimum Gasteiger partial charge on any atom is -0.317 e. The molecule has 1 saturated heterocycles. The second-order valence-corrected chi connectivity index (χ2v) is 4.46. The fourth-order valence-electron chi connectivity index (χ4n) is 2.13. The lowest BCUT2D eigenvalue weighted by atomic mass is 9.76. The number of piperidine rings is 1. The Labute approximate surface area is 108 Å². The third-order valence-electron chi connectivity index (χ3n) is 3.17. The van der Waals surface area contributed by atoms with Crippen molar-refractivity contribution in [3.63, 3.8) is 0 Å². The summed E-state index contributed by atoms with van der Waals surface area (Å²) in [7, 11) is 0. The van der Waals surface area contributed by atoms with E-state index in [1.807, 2.05) is 19.3 Å². The molecule has 5 heteroatoms. The molecule has 2 rings (SSSR count). The molecule has 1 aliphatic rings. The van der Waals surface area contributed by atoms with Crippen LogP contribution in [0.25, 0.3) is 0 Å². The van der Waals surface area contributed by atoms with Gasteiger partial charge in [0, 0.05) is 12.4 Å². The molecule has 0 amide bonds. The monoisotopic (exact) mass is 252 g/mol. The van der Waals surface area contributed by atoms with Crippen molar-refractivity contribution in [2.45, 2.75) is 26.2 Å². The van der Waals surface area contributed by atoms with Gasteiger partial charge in [0.05, 0.1) is 11.5 Å². The van der Waals surface area contributed by atoms with Gasteiger partial charge in [-0.05, 0) is 44.8 Å². The molecule has 0 atom stereocenters. The normalized spacial score (nSPS) is 17.9. The van der Waals surface area contributed by atoms with Gasteiger partial charge in [-0.2, -0.15) is 5.26 Å². The minimum absolute atomic E-state index is 0. The Morgan fingerprint density at radius 1 is 1.35 bits per heavy atom. The van der Waals surface area contributed by atoms with Crippen molar-refractivity contribution >= 4 is 12.4 Å². The molecule has 17 heavy (non-hydrogen) atoms. The van der Waals surface area contributed by atoms with E-state index in [2.05, 4.69) is 21.4 Å². The van der Waals surface area contributed by atoms with Gasteiger partial charge in [0.2, 0.25) is 0 Å².